The average molecular weight is 469 g/mol. The summed E-state index contributed by atoms with van der Waals surface area (Å²) in [5.74, 6) is -1.52. The second kappa shape index (κ2) is 9.22. The van der Waals surface area contributed by atoms with Gasteiger partial charge in [-0.15, -0.1) is 0 Å². The molecule has 0 bridgehead atoms. The van der Waals surface area contributed by atoms with Crippen LogP contribution >= 0.6 is 11.6 Å². The minimum absolute atomic E-state index is 0.0609. The summed E-state index contributed by atoms with van der Waals surface area (Å²) < 4.78 is 30.5. The van der Waals surface area contributed by atoms with Crippen LogP contribution in [0.5, 0.6) is 11.5 Å². The molecular weight excluding hydrogens is 451 g/mol. The predicted molar refractivity (Wildman–Crippen MR) is 123 cm³/mol. The van der Waals surface area contributed by atoms with Crippen molar-refractivity contribution in [2.45, 2.75) is 0 Å². The summed E-state index contributed by atoms with van der Waals surface area (Å²) in [7, 11) is 2.97. The first-order valence-corrected chi connectivity index (χ1v) is 10.1. The number of para-hydroxylation sites is 1. The molecule has 0 atom stereocenters. The summed E-state index contributed by atoms with van der Waals surface area (Å²) in [6.45, 7) is 0. The van der Waals surface area contributed by atoms with E-state index in [9.17, 15) is 14.0 Å². The average Bonchev–Trinajstić information content (AvgIpc) is 3.17. The highest BCUT2D eigenvalue weighted by Gasteiger charge is 2.25. The van der Waals surface area contributed by atoms with Gasteiger partial charge in [-0.25, -0.2) is 4.39 Å². The van der Waals surface area contributed by atoms with Crippen molar-refractivity contribution >= 4 is 45.8 Å². The van der Waals surface area contributed by atoms with Gasteiger partial charge in [0.05, 0.1) is 30.5 Å². The molecule has 33 heavy (non-hydrogen) atoms. The third-order valence-corrected chi connectivity index (χ3v) is 5.20. The number of hydrogen-bond donors (Lipinski definition) is 2. The van der Waals surface area contributed by atoms with Gasteiger partial charge >= 0.3 is 0 Å². The van der Waals surface area contributed by atoms with Crippen LogP contribution in [0.4, 0.5) is 15.8 Å². The van der Waals surface area contributed by atoms with Crippen molar-refractivity contribution in [3.8, 4) is 11.5 Å². The van der Waals surface area contributed by atoms with Crippen molar-refractivity contribution in [1.29, 1.82) is 0 Å². The van der Waals surface area contributed by atoms with Gasteiger partial charge in [-0.1, -0.05) is 29.8 Å². The van der Waals surface area contributed by atoms with Gasteiger partial charge < -0.3 is 24.5 Å². The summed E-state index contributed by atoms with van der Waals surface area (Å²) in [4.78, 5) is 26.0. The Morgan fingerprint density at radius 1 is 0.939 bits per heavy atom. The van der Waals surface area contributed by atoms with E-state index in [0.717, 1.165) is 6.07 Å². The number of furan rings is 1. The zero-order chi connectivity index (χ0) is 23.5. The van der Waals surface area contributed by atoms with Crippen LogP contribution in [-0.2, 0) is 0 Å². The van der Waals surface area contributed by atoms with E-state index in [4.69, 9.17) is 25.5 Å². The van der Waals surface area contributed by atoms with Crippen LogP contribution in [0.15, 0.2) is 65.1 Å². The Morgan fingerprint density at radius 2 is 1.73 bits per heavy atom. The van der Waals surface area contributed by atoms with Gasteiger partial charge in [-0.05, 0) is 36.4 Å². The smallest absolute Gasteiger partial charge is 0.293 e. The number of nitrogens with one attached hydrogen (secondary N) is 2. The lowest BCUT2D eigenvalue weighted by Crippen LogP contribution is -2.18. The van der Waals surface area contributed by atoms with Crippen molar-refractivity contribution in [2.24, 2.45) is 0 Å². The zero-order valence-corrected chi connectivity index (χ0v) is 18.3. The molecule has 2 amide bonds. The van der Waals surface area contributed by atoms with Crippen LogP contribution in [0.25, 0.3) is 11.0 Å². The lowest BCUT2D eigenvalue weighted by molar-refractivity contribution is 0.0999. The number of fused-ring (bicyclic) bond motifs is 1. The molecule has 0 saturated carbocycles. The fraction of sp³-hybridized carbons (Fsp3) is 0.0833. The monoisotopic (exact) mass is 468 g/mol. The summed E-state index contributed by atoms with van der Waals surface area (Å²) >= 11 is 6.02. The highest BCUT2D eigenvalue weighted by molar-refractivity contribution is 6.34. The zero-order valence-electron chi connectivity index (χ0n) is 17.6. The predicted octanol–water partition coefficient (Wildman–Crippen LogP) is 5.75. The first-order valence-electron chi connectivity index (χ1n) is 9.73. The van der Waals surface area contributed by atoms with Crippen molar-refractivity contribution in [3.63, 3.8) is 0 Å². The second-order valence-corrected chi connectivity index (χ2v) is 7.28. The molecule has 4 aromatic rings. The number of benzene rings is 3. The largest absolute Gasteiger partial charge is 0.497 e. The van der Waals surface area contributed by atoms with Gasteiger partial charge in [0, 0.05) is 11.5 Å². The molecule has 0 aliphatic carbocycles. The van der Waals surface area contributed by atoms with Crippen molar-refractivity contribution in [2.75, 3.05) is 24.9 Å². The molecule has 168 valence electrons. The third-order valence-electron chi connectivity index (χ3n) is 4.89. The van der Waals surface area contributed by atoms with E-state index in [-0.39, 0.29) is 22.0 Å². The number of ether oxygens (including phenoxy) is 2. The minimum atomic E-state index is -0.819. The van der Waals surface area contributed by atoms with Crippen LogP contribution in [-0.4, -0.2) is 26.0 Å². The van der Waals surface area contributed by atoms with Crippen LogP contribution < -0.4 is 20.1 Å². The van der Waals surface area contributed by atoms with Gasteiger partial charge in [0.1, 0.15) is 28.6 Å². The number of methoxy groups -OCH3 is 2. The van der Waals surface area contributed by atoms with Crippen LogP contribution in [0.2, 0.25) is 5.02 Å². The molecule has 2 N–H and O–H groups in total. The molecule has 3 aromatic carbocycles. The summed E-state index contributed by atoms with van der Waals surface area (Å²) in [6.07, 6.45) is 0. The van der Waals surface area contributed by atoms with E-state index in [2.05, 4.69) is 10.6 Å². The number of anilines is 2. The Labute approximate surface area is 193 Å². The fourth-order valence-corrected chi connectivity index (χ4v) is 3.55. The lowest BCUT2D eigenvalue weighted by atomic mass is 10.1. The van der Waals surface area contributed by atoms with Gasteiger partial charge in [0.2, 0.25) is 5.76 Å². The molecule has 0 spiro atoms. The molecule has 0 fully saturated rings. The van der Waals surface area contributed by atoms with E-state index < -0.39 is 17.6 Å². The molecule has 0 aliphatic heterocycles. The molecule has 0 aliphatic rings. The lowest BCUT2D eigenvalue weighted by Gasteiger charge is -2.12. The Morgan fingerprint density at radius 3 is 2.45 bits per heavy atom. The highest BCUT2D eigenvalue weighted by atomic mass is 35.5. The van der Waals surface area contributed by atoms with Crippen molar-refractivity contribution in [3.05, 3.63) is 82.8 Å². The second-order valence-electron chi connectivity index (χ2n) is 6.87. The quantitative estimate of drug-likeness (QED) is 0.376. The molecule has 0 saturated heterocycles. The molecular formula is C24H18ClFN2O5. The van der Waals surface area contributed by atoms with E-state index in [1.807, 2.05) is 0 Å². The Kier molecular flexibility index (Phi) is 6.19. The molecule has 4 rings (SSSR count). The van der Waals surface area contributed by atoms with Crippen LogP contribution in [0.1, 0.15) is 20.9 Å². The number of amides is 2. The minimum Gasteiger partial charge on any atom is -0.497 e. The number of hydrogen-bond acceptors (Lipinski definition) is 5. The SMILES string of the molecule is COc1ccc(NC(=O)c2oc3ccccc3c2NC(=O)c2c(F)cccc2Cl)c(OC)c1. The first kappa shape index (κ1) is 22.2. The topological polar surface area (TPSA) is 89.8 Å². The Bertz CT molecular complexity index is 1350. The molecule has 0 unspecified atom stereocenters. The van der Waals surface area contributed by atoms with E-state index >= 15 is 0 Å². The Hall–Kier alpha value is -4.04. The van der Waals surface area contributed by atoms with Gasteiger partial charge in [-0.2, -0.15) is 0 Å². The van der Waals surface area contributed by atoms with E-state index in [1.54, 1.807) is 42.5 Å². The summed E-state index contributed by atoms with van der Waals surface area (Å²) in [5.41, 5.74) is 0.463. The third kappa shape index (κ3) is 4.33. The molecule has 1 heterocycles. The van der Waals surface area contributed by atoms with Crippen LogP contribution in [0, 0.1) is 5.82 Å². The van der Waals surface area contributed by atoms with Crippen molar-refractivity contribution < 1.29 is 27.9 Å². The maximum atomic E-state index is 14.3. The normalized spacial score (nSPS) is 10.7. The fourth-order valence-electron chi connectivity index (χ4n) is 3.30. The summed E-state index contributed by atoms with van der Waals surface area (Å²) in [5, 5.41) is 5.68. The molecule has 9 heteroatoms. The van der Waals surface area contributed by atoms with Crippen LogP contribution in [0.3, 0.4) is 0 Å². The molecule has 1 aromatic heterocycles. The van der Waals surface area contributed by atoms with Gasteiger partial charge in [0.15, 0.2) is 0 Å². The maximum Gasteiger partial charge on any atom is 0.293 e. The van der Waals surface area contributed by atoms with Crippen molar-refractivity contribution in [1.82, 2.24) is 0 Å². The number of carbonyl (C=O) groups is 2. The van der Waals surface area contributed by atoms with Gasteiger partial charge in [-0.3, -0.25) is 9.59 Å². The van der Waals surface area contributed by atoms with Gasteiger partial charge in [0.25, 0.3) is 11.8 Å². The highest BCUT2D eigenvalue weighted by Crippen LogP contribution is 2.34. The number of rotatable bonds is 6. The Balaban J connectivity index is 1.72. The maximum absolute atomic E-state index is 14.3. The number of halogens is 2. The standard InChI is InChI=1S/C24H18ClFN2O5/c1-31-13-10-11-17(19(12-13)32-2)27-24(30)22-21(14-6-3-4-9-18(14)33-22)28-23(29)20-15(25)7-5-8-16(20)26/h3-12H,1-2H3,(H,27,30)(H,28,29). The van der Waals surface area contributed by atoms with E-state index in [1.165, 1.54) is 26.4 Å². The first-order chi connectivity index (χ1) is 15.9. The molecule has 7 nitrogen and oxygen atoms in total. The summed E-state index contributed by atoms with van der Waals surface area (Å²) in [6, 6.07) is 15.5. The number of carbonyl (C=O) groups excluding carboxylic acids is 2. The van der Waals surface area contributed by atoms with E-state index in [0.29, 0.717) is 28.2 Å². The molecule has 0 radical (unpaired) electrons.